The van der Waals surface area contributed by atoms with Crippen LogP contribution in [-0.4, -0.2) is 24.5 Å². The molecule has 2 rings (SSSR count). The lowest BCUT2D eigenvalue weighted by Gasteiger charge is -2.27. The normalized spacial score (nSPS) is 18.5. The molecule has 0 aliphatic carbocycles. The Bertz CT molecular complexity index is 397. The first-order valence-electron chi connectivity index (χ1n) is 6.75. The van der Waals surface area contributed by atoms with Crippen LogP contribution < -0.4 is 0 Å². The van der Waals surface area contributed by atoms with Crippen LogP contribution in [0, 0.1) is 5.92 Å². The van der Waals surface area contributed by atoms with Gasteiger partial charge in [-0.2, -0.15) is 0 Å². The van der Waals surface area contributed by atoms with Gasteiger partial charge < -0.3 is 4.90 Å². The third-order valence-corrected chi connectivity index (χ3v) is 4.57. The number of rotatable bonds is 4. The minimum Gasteiger partial charge on any atom is -0.303 e. The highest BCUT2D eigenvalue weighted by Crippen LogP contribution is 2.31. The molecule has 1 aromatic rings. The van der Waals surface area contributed by atoms with Crippen LogP contribution >= 0.6 is 23.2 Å². The molecule has 1 aromatic carbocycles. The summed E-state index contributed by atoms with van der Waals surface area (Å²) >= 11 is 12.1. The van der Waals surface area contributed by atoms with E-state index in [9.17, 15) is 0 Å². The Kier molecular flexibility index (Phi) is 4.94. The molecular formula is C15H21Cl2N. The lowest BCUT2D eigenvalue weighted by atomic mass is 9.88. The highest BCUT2D eigenvalue weighted by molar-refractivity contribution is 6.42. The molecule has 100 valence electrons. The molecular weight excluding hydrogens is 265 g/mol. The molecule has 1 saturated heterocycles. The summed E-state index contributed by atoms with van der Waals surface area (Å²) in [7, 11) is 0. The monoisotopic (exact) mass is 285 g/mol. The topological polar surface area (TPSA) is 3.24 Å². The van der Waals surface area contributed by atoms with Gasteiger partial charge in [0, 0.05) is 6.54 Å². The zero-order chi connectivity index (χ0) is 13.1. The van der Waals surface area contributed by atoms with Crippen LogP contribution in [0.1, 0.15) is 38.2 Å². The summed E-state index contributed by atoms with van der Waals surface area (Å²) in [6.07, 6.45) is 2.68. The Hall–Kier alpha value is -0.240. The van der Waals surface area contributed by atoms with Gasteiger partial charge in [-0.3, -0.25) is 0 Å². The maximum atomic E-state index is 6.13. The van der Waals surface area contributed by atoms with Gasteiger partial charge in [-0.05, 0) is 55.5 Å². The average Bonchev–Trinajstić information content (AvgIpc) is 2.82. The van der Waals surface area contributed by atoms with Crippen molar-refractivity contribution < 1.29 is 0 Å². The van der Waals surface area contributed by atoms with E-state index < -0.39 is 0 Å². The van der Waals surface area contributed by atoms with Crippen LogP contribution in [0.5, 0.6) is 0 Å². The van der Waals surface area contributed by atoms with Crippen LogP contribution in [0.2, 0.25) is 10.0 Å². The average molecular weight is 286 g/mol. The Labute approximate surface area is 120 Å². The molecule has 0 bridgehead atoms. The minimum atomic E-state index is 0.540. The van der Waals surface area contributed by atoms with Crippen molar-refractivity contribution in [3.05, 3.63) is 33.8 Å². The van der Waals surface area contributed by atoms with Gasteiger partial charge >= 0.3 is 0 Å². The molecule has 0 spiro atoms. The van der Waals surface area contributed by atoms with Crippen molar-refractivity contribution in [2.45, 2.75) is 32.6 Å². The summed E-state index contributed by atoms with van der Waals surface area (Å²) in [6.45, 7) is 8.18. The van der Waals surface area contributed by atoms with Crippen LogP contribution in [0.4, 0.5) is 0 Å². The van der Waals surface area contributed by atoms with E-state index in [-0.39, 0.29) is 0 Å². The molecule has 0 aromatic heterocycles. The van der Waals surface area contributed by atoms with Gasteiger partial charge in [-0.25, -0.2) is 0 Å². The third-order valence-electron chi connectivity index (χ3n) is 3.83. The second-order valence-electron chi connectivity index (χ2n) is 5.53. The van der Waals surface area contributed by atoms with Gasteiger partial charge in [0.15, 0.2) is 0 Å². The van der Waals surface area contributed by atoms with Gasteiger partial charge in [0.25, 0.3) is 0 Å². The predicted molar refractivity (Wildman–Crippen MR) is 79.7 cm³/mol. The first-order valence-corrected chi connectivity index (χ1v) is 7.51. The molecule has 3 heteroatoms. The zero-order valence-corrected chi connectivity index (χ0v) is 12.6. The van der Waals surface area contributed by atoms with Gasteiger partial charge in [0.2, 0.25) is 0 Å². The molecule has 0 radical (unpaired) electrons. The van der Waals surface area contributed by atoms with E-state index >= 15 is 0 Å². The summed E-state index contributed by atoms with van der Waals surface area (Å²) in [5, 5.41) is 1.31. The van der Waals surface area contributed by atoms with E-state index in [1.54, 1.807) is 0 Å². The maximum absolute atomic E-state index is 6.13. The summed E-state index contributed by atoms with van der Waals surface area (Å²) < 4.78 is 0. The van der Waals surface area contributed by atoms with Crippen molar-refractivity contribution in [1.82, 2.24) is 4.90 Å². The standard InChI is InChI=1S/C15H21Cl2N/c1-11(2)13(10-18-7-3-4-8-18)12-5-6-14(16)15(17)9-12/h5-6,9,11,13H,3-4,7-8,10H2,1-2H3. The molecule has 1 heterocycles. The fourth-order valence-corrected chi connectivity index (χ4v) is 2.99. The second-order valence-corrected chi connectivity index (χ2v) is 6.35. The number of likely N-dealkylation sites (tertiary alicyclic amines) is 1. The van der Waals surface area contributed by atoms with Crippen molar-refractivity contribution in [1.29, 1.82) is 0 Å². The van der Waals surface area contributed by atoms with Crippen molar-refractivity contribution in [2.75, 3.05) is 19.6 Å². The molecule has 0 saturated carbocycles. The van der Waals surface area contributed by atoms with Crippen molar-refractivity contribution in [3.8, 4) is 0 Å². The predicted octanol–water partition coefficient (Wildman–Crippen LogP) is 4.83. The van der Waals surface area contributed by atoms with Crippen LogP contribution in [0.25, 0.3) is 0 Å². The first-order chi connectivity index (χ1) is 8.58. The third kappa shape index (κ3) is 3.40. The molecule has 1 unspecified atom stereocenters. The quantitative estimate of drug-likeness (QED) is 0.766. The van der Waals surface area contributed by atoms with Gasteiger partial charge in [-0.1, -0.05) is 43.1 Å². The fraction of sp³-hybridized carbons (Fsp3) is 0.600. The van der Waals surface area contributed by atoms with Crippen molar-refractivity contribution in [3.63, 3.8) is 0 Å². The Balaban J connectivity index is 2.15. The van der Waals surface area contributed by atoms with E-state index in [1.807, 2.05) is 12.1 Å². The molecule has 1 aliphatic heterocycles. The summed E-state index contributed by atoms with van der Waals surface area (Å²) in [4.78, 5) is 2.56. The number of halogens is 2. The largest absolute Gasteiger partial charge is 0.303 e. The van der Waals surface area contributed by atoms with E-state index in [0.29, 0.717) is 21.9 Å². The van der Waals surface area contributed by atoms with Gasteiger partial charge in [0.05, 0.1) is 10.0 Å². The van der Waals surface area contributed by atoms with Gasteiger partial charge in [-0.15, -0.1) is 0 Å². The lowest BCUT2D eigenvalue weighted by Crippen LogP contribution is -2.28. The van der Waals surface area contributed by atoms with Crippen LogP contribution in [0.15, 0.2) is 18.2 Å². The number of hydrogen-bond acceptors (Lipinski definition) is 1. The van der Waals surface area contributed by atoms with E-state index in [0.717, 1.165) is 6.54 Å². The molecule has 0 N–H and O–H groups in total. The van der Waals surface area contributed by atoms with Crippen LogP contribution in [0.3, 0.4) is 0 Å². The number of benzene rings is 1. The minimum absolute atomic E-state index is 0.540. The summed E-state index contributed by atoms with van der Waals surface area (Å²) in [6, 6.07) is 6.07. The van der Waals surface area contributed by atoms with E-state index in [1.165, 1.54) is 31.5 Å². The van der Waals surface area contributed by atoms with Crippen molar-refractivity contribution in [2.24, 2.45) is 5.92 Å². The second kappa shape index (κ2) is 6.27. The number of hydrogen-bond donors (Lipinski definition) is 0. The highest BCUT2D eigenvalue weighted by Gasteiger charge is 2.22. The molecule has 1 nitrogen and oxygen atoms in total. The van der Waals surface area contributed by atoms with E-state index in [2.05, 4.69) is 24.8 Å². The molecule has 1 atom stereocenters. The smallest absolute Gasteiger partial charge is 0.0595 e. The highest BCUT2D eigenvalue weighted by atomic mass is 35.5. The molecule has 0 amide bonds. The fourth-order valence-electron chi connectivity index (χ4n) is 2.69. The zero-order valence-electron chi connectivity index (χ0n) is 11.1. The maximum Gasteiger partial charge on any atom is 0.0595 e. The van der Waals surface area contributed by atoms with Gasteiger partial charge in [0.1, 0.15) is 0 Å². The summed E-state index contributed by atoms with van der Waals surface area (Å²) in [5.41, 5.74) is 1.31. The number of nitrogens with zero attached hydrogens (tertiary/aromatic N) is 1. The van der Waals surface area contributed by atoms with Crippen molar-refractivity contribution >= 4 is 23.2 Å². The SMILES string of the molecule is CC(C)C(CN1CCCC1)c1ccc(Cl)c(Cl)c1. The lowest BCUT2D eigenvalue weighted by molar-refractivity contribution is 0.284. The molecule has 18 heavy (non-hydrogen) atoms. The molecule has 1 aliphatic rings. The summed E-state index contributed by atoms with van der Waals surface area (Å²) in [5.74, 6) is 1.15. The molecule has 1 fully saturated rings. The Morgan fingerprint density at radius 3 is 2.33 bits per heavy atom. The Morgan fingerprint density at radius 2 is 1.78 bits per heavy atom. The van der Waals surface area contributed by atoms with Crippen LogP contribution in [-0.2, 0) is 0 Å². The Morgan fingerprint density at radius 1 is 1.11 bits per heavy atom. The first kappa shape index (κ1) is 14.2. The van der Waals surface area contributed by atoms with E-state index in [4.69, 9.17) is 23.2 Å².